The summed E-state index contributed by atoms with van der Waals surface area (Å²) in [5.74, 6) is 0.700. The molecule has 13 rings (SSSR count). The molecule has 0 unspecified atom stereocenters. The molecule has 0 radical (unpaired) electrons. The van der Waals surface area contributed by atoms with E-state index in [4.69, 9.17) is 15.0 Å². The van der Waals surface area contributed by atoms with E-state index in [2.05, 4.69) is 194 Å². The SMILES string of the molecule is c1ccc(-c2nc(-c3ccc(-c4ccc5nc(-c6cccc7ccccc67)c6sc7ccccc7c6c5c4)cc3)cc(-c3cccc(-c4cccc5c4sc4ccccc45)c3)n2)cc1. The van der Waals surface area contributed by atoms with Crippen LogP contribution in [0.3, 0.4) is 0 Å². The van der Waals surface area contributed by atoms with Crippen molar-refractivity contribution in [2.75, 3.05) is 0 Å². The molecule has 0 aliphatic heterocycles. The van der Waals surface area contributed by atoms with Gasteiger partial charge in [0.25, 0.3) is 0 Å². The summed E-state index contributed by atoms with van der Waals surface area (Å²) in [4.78, 5) is 15.8. The van der Waals surface area contributed by atoms with Gasteiger partial charge in [-0.2, -0.15) is 0 Å². The van der Waals surface area contributed by atoms with Crippen molar-refractivity contribution in [3.8, 4) is 67.4 Å². The van der Waals surface area contributed by atoms with Crippen LogP contribution < -0.4 is 0 Å². The molecule has 4 aromatic heterocycles. The first-order valence-electron chi connectivity index (χ1n) is 21.5. The number of pyridine rings is 1. The van der Waals surface area contributed by atoms with Gasteiger partial charge in [0, 0.05) is 63.3 Å². The maximum atomic E-state index is 5.42. The Bertz CT molecular complexity index is 3950. The third kappa shape index (κ3) is 6.12. The Morgan fingerprint density at radius 3 is 1.77 bits per heavy atom. The van der Waals surface area contributed by atoms with Gasteiger partial charge < -0.3 is 0 Å². The minimum absolute atomic E-state index is 0.700. The van der Waals surface area contributed by atoms with Crippen LogP contribution in [0.15, 0.2) is 212 Å². The largest absolute Gasteiger partial charge is 0.246 e. The molecular weight excluding hydrogens is 815 g/mol. The van der Waals surface area contributed by atoms with Gasteiger partial charge in [-0.05, 0) is 69.4 Å². The van der Waals surface area contributed by atoms with Crippen molar-refractivity contribution in [3.05, 3.63) is 212 Å². The lowest BCUT2D eigenvalue weighted by molar-refractivity contribution is 1.18. The Balaban J connectivity index is 0.907. The highest BCUT2D eigenvalue weighted by Gasteiger charge is 2.19. The molecule has 0 fully saturated rings. The van der Waals surface area contributed by atoms with Crippen molar-refractivity contribution in [2.24, 2.45) is 0 Å². The summed E-state index contributed by atoms with van der Waals surface area (Å²) < 4.78 is 5.09. The number of hydrogen-bond donors (Lipinski definition) is 0. The van der Waals surface area contributed by atoms with Crippen molar-refractivity contribution in [1.29, 1.82) is 0 Å². The monoisotopic (exact) mass is 849 g/mol. The zero-order valence-corrected chi connectivity index (χ0v) is 36.0. The molecule has 0 saturated heterocycles. The van der Waals surface area contributed by atoms with Gasteiger partial charge in [0.15, 0.2) is 5.82 Å². The summed E-state index contributed by atoms with van der Waals surface area (Å²) in [7, 11) is 0. The number of rotatable bonds is 6. The summed E-state index contributed by atoms with van der Waals surface area (Å²) in [5, 5.41) is 8.72. The van der Waals surface area contributed by atoms with E-state index in [-0.39, 0.29) is 0 Å². The lowest BCUT2D eigenvalue weighted by Gasteiger charge is -2.12. The second-order valence-electron chi connectivity index (χ2n) is 16.3. The van der Waals surface area contributed by atoms with Crippen molar-refractivity contribution < 1.29 is 0 Å². The van der Waals surface area contributed by atoms with E-state index in [0.717, 1.165) is 61.4 Å². The standard InChI is InChI=1S/C59H35N3S2/c1-2-14-39(15-3-1)59-61-51(35-52(62-59)42-18-10-17-41(33-42)44-22-12-24-47-45-20-6-8-25-53(45)63-57(44)47)38-29-27-36(28-30-38)40-31-32-50-49(34-40)55-48-21-7-9-26-54(48)64-58(55)56(60-50)46-23-11-16-37-13-4-5-19-43(37)46/h1-35H. The van der Waals surface area contributed by atoms with Gasteiger partial charge >= 0.3 is 0 Å². The number of nitrogens with zero attached hydrogens (tertiary/aromatic N) is 3. The van der Waals surface area contributed by atoms with Crippen molar-refractivity contribution in [3.63, 3.8) is 0 Å². The van der Waals surface area contributed by atoms with Crippen LogP contribution in [0.1, 0.15) is 0 Å². The molecule has 64 heavy (non-hydrogen) atoms. The topological polar surface area (TPSA) is 38.7 Å². The first-order chi connectivity index (χ1) is 31.7. The molecule has 0 aliphatic carbocycles. The van der Waals surface area contributed by atoms with Gasteiger partial charge in [0.2, 0.25) is 0 Å². The van der Waals surface area contributed by atoms with Crippen LogP contribution in [0, 0.1) is 0 Å². The predicted octanol–water partition coefficient (Wildman–Crippen LogP) is 16.9. The molecule has 3 nitrogen and oxygen atoms in total. The summed E-state index contributed by atoms with van der Waals surface area (Å²) in [6, 6.07) is 76.0. The number of benzene rings is 9. The van der Waals surface area contributed by atoms with Crippen molar-refractivity contribution in [2.45, 2.75) is 0 Å². The van der Waals surface area contributed by atoms with Crippen LogP contribution in [-0.2, 0) is 0 Å². The first-order valence-corrected chi connectivity index (χ1v) is 23.1. The van der Waals surface area contributed by atoms with E-state index in [1.165, 1.54) is 62.2 Å². The highest BCUT2D eigenvalue weighted by atomic mass is 32.1. The quantitative estimate of drug-likeness (QED) is 0.167. The molecule has 13 aromatic rings. The van der Waals surface area contributed by atoms with Crippen LogP contribution in [-0.4, -0.2) is 15.0 Å². The maximum absolute atomic E-state index is 5.42. The minimum atomic E-state index is 0.700. The average molecular weight is 850 g/mol. The third-order valence-electron chi connectivity index (χ3n) is 12.5. The van der Waals surface area contributed by atoms with Crippen LogP contribution in [0.2, 0.25) is 0 Å². The highest BCUT2D eigenvalue weighted by Crippen LogP contribution is 2.45. The van der Waals surface area contributed by atoms with E-state index >= 15 is 0 Å². The van der Waals surface area contributed by atoms with Crippen molar-refractivity contribution >= 4 is 84.7 Å². The highest BCUT2D eigenvalue weighted by molar-refractivity contribution is 7.26. The summed E-state index contributed by atoms with van der Waals surface area (Å²) >= 11 is 3.69. The van der Waals surface area contributed by atoms with Crippen LogP contribution in [0.5, 0.6) is 0 Å². The minimum Gasteiger partial charge on any atom is -0.246 e. The number of hydrogen-bond acceptors (Lipinski definition) is 5. The van der Waals surface area contributed by atoms with Gasteiger partial charge in [0.05, 0.1) is 27.3 Å². The van der Waals surface area contributed by atoms with Gasteiger partial charge in [-0.25, -0.2) is 15.0 Å². The molecular formula is C59H35N3S2. The Hall–Kier alpha value is -7.83. The predicted molar refractivity (Wildman–Crippen MR) is 273 cm³/mol. The molecule has 0 aliphatic rings. The molecule has 0 atom stereocenters. The molecule has 0 bridgehead atoms. The summed E-state index contributed by atoms with van der Waals surface area (Å²) in [5.41, 5.74) is 12.7. The molecule has 0 N–H and O–H groups in total. The normalized spacial score (nSPS) is 11.8. The molecule has 298 valence electrons. The molecule has 0 spiro atoms. The van der Waals surface area contributed by atoms with Crippen molar-refractivity contribution in [1.82, 2.24) is 15.0 Å². The molecule has 9 aromatic carbocycles. The van der Waals surface area contributed by atoms with Crippen LogP contribution in [0.4, 0.5) is 0 Å². The fraction of sp³-hybridized carbons (Fsp3) is 0. The Morgan fingerprint density at radius 2 is 0.906 bits per heavy atom. The van der Waals surface area contributed by atoms with Gasteiger partial charge in [-0.1, -0.05) is 176 Å². The van der Waals surface area contributed by atoms with E-state index < -0.39 is 0 Å². The number of aromatic nitrogens is 3. The average Bonchev–Trinajstić information content (AvgIpc) is 3.96. The number of thiophene rings is 2. The molecule has 0 amide bonds. The lowest BCUT2D eigenvalue weighted by atomic mass is 9.96. The maximum Gasteiger partial charge on any atom is 0.160 e. The Kier molecular flexibility index (Phi) is 8.58. The Morgan fingerprint density at radius 1 is 0.312 bits per heavy atom. The second kappa shape index (κ2) is 14.9. The number of fused-ring (bicyclic) bond motifs is 9. The third-order valence-corrected chi connectivity index (χ3v) is 14.9. The van der Waals surface area contributed by atoms with Gasteiger partial charge in [-0.15, -0.1) is 22.7 Å². The van der Waals surface area contributed by atoms with Crippen LogP contribution >= 0.6 is 22.7 Å². The fourth-order valence-electron chi connectivity index (χ4n) is 9.39. The smallest absolute Gasteiger partial charge is 0.160 e. The second-order valence-corrected chi connectivity index (χ2v) is 18.4. The molecule has 4 heterocycles. The molecule has 0 saturated carbocycles. The molecule has 5 heteroatoms. The van der Waals surface area contributed by atoms with Gasteiger partial charge in [0.1, 0.15) is 0 Å². The summed E-state index contributed by atoms with van der Waals surface area (Å²) in [6.45, 7) is 0. The van der Waals surface area contributed by atoms with Gasteiger partial charge in [-0.3, -0.25) is 0 Å². The van der Waals surface area contributed by atoms with E-state index in [1.807, 2.05) is 40.9 Å². The lowest BCUT2D eigenvalue weighted by Crippen LogP contribution is -1.96. The Labute approximate surface area is 377 Å². The van der Waals surface area contributed by atoms with E-state index in [0.29, 0.717) is 5.82 Å². The van der Waals surface area contributed by atoms with Crippen LogP contribution in [0.25, 0.3) is 129 Å². The zero-order chi connectivity index (χ0) is 42.1. The fourth-order valence-corrected chi connectivity index (χ4v) is 11.9. The first kappa shape index (κ1) is 36.8. The van der Waals surface area contributed by atoms with E-state index in [9.17, 15) is 0 Å². The van der Waals surface area contributed by atoms with E-state index in [1.54, 1.807) is 0 Å². The summed E-state index contributed by atoms with van der Waals surface area (Å²) in [6.07, 6.45) is 0. The zero-order valence-electron chi connectivity index (χ0n) is 34.4.